The Labute approximate surface area is 137 Å². The number of hydrogen-bond acceptors (Lipinski definition) is 3. The van der Waals surface area contributed by atoms with Gasteiger partial charge in [-0.1, -0.05) is 12.1 Å². The average Bonchev–Trinajstić information content (AvgIpc) is 2.93. The van der Waals surface area contributed by atoms with E-state index in [1.54, 1.807) is 6.20 Å². The van der Waals surface area contributed by atoms with Crippen LogP contribution in [-0.2, 0) is 11.3 Å². The van der Waals surface area contributed by atoms with Gasteiger partial charge >= 0.3 is 6.18 Å². The quantitative estimate of drug-likeness (QED) is 0.903. The van der Waals surface area contributed by atoms with Crippen molar-refractivity contribution in [2.24, 2.45) is 0 Å². The van der Waals surface area contributed by atoms with Crippen molar-refractivity contribution in [3.63, 3.8) is 0 Å². The molecule has 0 aliphatic carbocycles. The lowest BCUT2D eigenvalue weighted by atomic mass is 9.96. The van der Waals surface area contributed by atoms with Crippen LogP contribution in [-0.4, -0.2) is 45.8 Å². The Morgan fingerprint density at radius 1 is 1.42 bits per heavy atom. The third-order valence-corrected chi connectivity index (χ3v) is 4.36. The van der Waals surface area contributed by atoms with Crippen LogP contribution in [0.2, 0.25) is 0 Å². The molecule has 8 heteroatoms. The maximum absolute atomic E-state index is 13.3. The van der Waals surface area contributed by atoms with Gasteiger partial charge in [0, 0.05) is 31.4 Å². The van der Waals surface area contributed by atoms with Crippen LogP contribution >= 0.6 is 0 Å². The number of hydrogen-bond donors (Lipinski definition) is 2. The van der Waals surface area contributed by atoms with E-state index in [0.717, 1.165) is 16.5 Å². The van der Waals surface area contributed by atoms with E-state index in [0.29, 0.717) is 6.42 Å². The number of halogens is 3. The first kappa shape index (κ1) is 16.8. The zero-order chi connectivity index (χ0) is 17.3. The van der Waals surface area contributed by atoms with Gasteiger partial charge in [0.2, 0.25) is 5.91 Å². The third kappa shape index (κ3) is 3.69. The van der Waals surface area contributed by atoms with E-state index in [-0.39, 0.29) is 31.5 Å². The Kier molecular flexibility index (Phi) is 4.49. The Bertz CT molecular complexity index is 727. The van der Waals surface area contributed by atoms with Gasteiger partial charge in [0.25, 0.3) is 0 Å². The summed E-state index contributed by atoms with van der Waals surface area (Å²) >= 11 is 0. The number of piperidine rings is 1. The highest BCUT2D eigenvalue weighted by Crippen LogP contribution is 2.33. The molecule has 130 valence electrons. The van der Waals surface area contributed by atoms with Crippen LogP contribution < -0.4 is 5.32 Å². The third-order valence-electron chi connectivity index (χ3n) is 4.36. The maximum Gasteiger partial charge on any atom is 0.404 e. The number of nitrogens with zero attached hydrogens (tertiary/aromatic N) is 2. The zero-order valence-corrected chi connectivity index (χ0v) is 13.2. The standard InChI is InChI=1S/C16H19F3N4O/c1-10(24)21-13-4-5-15(16(17,18)19)23(9-13)8-11-2-3-12-7-20-22-14(12)6-11/h2-3,6-7,13,15H,4-5,8-9H2,1H3,(H,20,22)(H,21,24)/t13-,15+/m0/s1. The molecule has 3 rings (SSSR count). The summed E-state index contributed by atoms with van der Waals surface area (Å²) < 4.78 is 40.0. The van der Waals surface area contributed by atoms with Gasteiger partial charge in [-0.15, -0.1) is 0 Å². The fraction of sp³-hybridized carbons (Fsp3) is 0.500. The second-order valence-electron chi connectivity index (χ2n) is 6.25. The molecule has 1 saturated heterocycles. The van der Waals surface area contributed by atoms with Crippen LogP contribution in [0, 0.1) is 0 Å². The first-order valence-electron chi connectivity index (χ1n) is 7.83. The number of aromatic nitrogens is 2. The zero-order valence-electron chi connectivity index (χ0n) is 13.2. The summed E-state index contributed by atoms with van der Waals surface area (Å²) in [6, 6.07) is 3.73. The monoisotopic (exact) mass is 340 g/mol. The number of aromatic amines is 1. The molecule has 5 nitrogen and oxygen atoms in total. The Morgan fingerprint density at radius 3 is 2.92 bits per heavy atom. The SMILES string of the molecule is CC(=O)N[C@H]1CC[C@H](C(F)(F)F)N(Cc2ccc3cn[nH]c3c2)C1. The molecule has 0 bridgehead atoms. The van der Waals surface area contributed by atoms with Gasteiger partial charge in [-0.25, -0.2) is 0 Å². The molecule has 0 radical (unpaired) electrons. The molecule has 0 saturated carbocycles. The van der Waals surface area contributed by atoms with Crippen molar-refractivity contribution in [2.45, 2.75) is 44.6 Å². The van der Waals surface area contributed by atoms with Crippen LogP contribution in [0.15, 0.2) is 24.4 Å². The molecule has 2 atom stereocenters. The molecule has 2 N–H and O–H groups in total. The topological polar surface area (TPSA) is 61.0 Å². The molecule has 1 aromatic carbocycles. The minimum atomic E-state index is -4.28. The summed E-state index contributed by atoms with van der Waals surface area (Å²) in [7, 11) is 0. The van der Waals surface area contributed by atoms with Gasteiger partial charge in [0.05, 0.1) is 11.7 Å². The van der Waals surface area contributed by atoms with Gasteiger partial charge in [0.1, 0.15) is 6.04 Å². The minimum Gasteiger partial charge on any atom is -0.352 e. The lowest BCUT2D eigenvalue weighted by Crippen LogP contribution is -2.55. The van der Waals surface area contributed by atoms with Crippen molar-refractivity contribution in [1.29, 1.82) is 0 Å². The molecular formula is C16H19F3N4O. The van der Waals surface area contributed by atoms with Crippen molar-refractivity contribution in [1.82, 2.24) is 20.4 Å². The molecule has 1 aliphatic heterocycles. The number of likely N-dealkylation sites (tertiary alicyclic amines) is 1. The average molecular weight is 340 g/mol. The van der Waals surface area contributed by atoms with Gasteiger partial charge in [-0.3, -0.25) is 14.8 Å². The predicted molar refractivity (Wildman–Crippen MR) is 83.2 cm³/mol. The molecule has 2 heterocycles. The lowest BCUT2D eigenvalue weighted by Gasteiger charge is -2.40. The summed E-state index contributed by atoms with van der Waals surface area (Å²) in [5.41, 5.74) is 1.58. The largest absolute Gasteiger partial charge is 0.404 e. The molecule has 1 amide bonds. The van der Waals surface area contributed by atoms with Crippen molar-refractivity contribution >= 4 is 16.8 Å². The van der Waals surface area contributed by atoms with Crippen molar-refractivity contribution in [3.05, 3.63) is 30.0 Å². The molecular weight excluding hydrogens is 321 g/mol. The van der Waals surface area contributed by atoms with E-state index in [9.17, 15) is 18.0 Å². The van der Waals surface area contributed by atoms with Crippen LogP contribution in [0.5, 0.6) is 0 Å². The molecule has 1 fully saturated rings. The molecule has 0 spiro atoms. The van der Waals surface area contributed by atoms with Crippen molar-refractivity contribution in [2.75, 3.05) is 6.54 Å². The van der Waals surface area contributed by atoms with E-state index >= 15 is 0 Å². The van der Waals surface area contributed by atoms with Crippen molar-refractivity contribution < 1.29 is 18.0 Å². The smallest absolute Gasteiger partial charge is 0.352 e. The number of rotatable bonds is 3. The van der Waals surface area contributed by atoms with E-state index in [1.165, 1.54) is 11.8 Å². The highest BCUT2D eigenvalue weighted by molar-refractivity contribution is 5.78. The lowest BCUT2D eigenvalue weighted by molar-refractivity contribution is -0.194. The molecule has 1 aromatic heterocycles. The molecule has 24 heavy (non-hydrogen) atoms. The number of H-pyrrole nitrogens is 1. The van der Waals surface area contributed by atoms with Crippen LogP contribution in [0.3, 0.4) is 0 Å². The van der Waals surface area contributed by atoms with Crippen LogP contribution in [0.1, 0.15) is 25.3 Å². The number of carbonyl (C=O) groups excluding carboxylic acids is 1. The normalized spacial score (nSPS) is 22.7. The maximum atomic E-state index is 13.3. The highest BCUT2D eigenvalue weighted by Gasteiger charge is 2.46. The first-order valence-corrected chi connectivity index (χ1v) is 7.83. The molecule has 1 aliphatic rings. The van der Waals surface area contributed by atoms with Gasteiger partial charge < -0.3 is 5.32 Å². The summed E-state index contributed by atoms with van der Waals surface area (Å²) in [4.78, 5) is 12.6. The summed E-state index contributed by atoms with van der Waals surface area (Å²) in [5.74, 6) is -0.218. The minimum absolute atomic E-state index is 0.0131. The molecule has 0 unspecified atom stereocenters. The Balaban J connectivity index is 1.80. The fourth-order valence-electron chi connectivity index (χ4n) is 3.31. The summed E-state index contributed by atoms with van der Waals surface area (Å²) in [5, 5.41) is 10.4. The first-order chi connectivity index (χ1) is 11.3. The summed E-state index contributed by atoms with van der Waals surface area (Å²) in [6.45, 7) is 1.74. The second kappa shape index (κ2) is 6.43. The molecule has 2 aromatic rings. The number of alkyl halides is 3. The second-order valence-corrected chi connectivity index (χ2v) is 6.25. The Morgan fingerprint density at radius 2 is 2.21 bits per heavy atom. The van der Waals surface area contributed by atoms with Gasteiger partial charge in [-0.2, -0.15) is 18.3 Å². The number of nitrogens with one attached hydrogen (secondary N) is 2. The van der Waals surface area contributed by atoms with E-state index in [2.05, 4.69) is 15.5 Å². The number of carbonyl (C=O) groups is 1. The number of fused-ring (bicyclic) bond motifs is 1. The summed E-state index contributed by atoms with van der Waals surface area (Å²) in [6.07, 6.45) is -2.29. The highest BCUT2D eigenvalue weighted by atomic mass is 19.4. The van der Waals surface area contributed by atoms with Gasteiger partial charge in [0.15, 0.2) is 0 Å². The van der Waals surface area contributed by atoms with E-state index < -0.39 is 12.2 Å². The number of benzene rings is 1. The van der Waals surface area contributed by atoms with Crippen LogP contribution in [0.4, 0.5) is 13.2 Å². The fourth-order valence-corrected chi connectivity index (χ4v) is 3.31. The van der Waals surface area contributed by atoms with Crippen LogP contribution in [0.25, 0.3) is 10.9 Å². The van der Waals surface area contributed by atoms with E-state index in [1.807, 2.05) is 18.2 Å². The van der Waals surface area contributed by atoms with Crippen molar-refractivity contribution in [3.8, 4) is 0 Å². The van der Waals surface area contributed by atoms with E-state index in [4.69, 9.17) is 0 Å². The predicted octanol–water partition coefficient (Wildman–Crippen LogP) is 2.59. The van der Waals surface area contributed by atoms with Gasteiger partial charge in [-0.05, 0) is 24.5 Å². The number of amides is 1. The Hall–Kier alpha value is -2.09.